The van der Waals surface area contributed by atoms with E-state index in [1.54, 1.807) is 0 Å². The largest absolute Gasteiger partial charge is 0.357 e. The molecule has 0 spiro atoms. The van der Waals surface area contributed by atoms with E-state index < -0.39 is 0 Å². The second-order valence-electron chi connectivity index (χ2n) is 8.55. The van der Waals surface area contributed by atoms with Gasteiger partial charge in [0.05, 0.1) is 6.54 Å². The zero-order chi connectivity index (χ0) is 19.3. The zero-order valence-corrected chi connectivity index (χ0v) is 20.2. The number of guanidine groups is 1. The van der Waals surface area contributed by atoms with Gasteiger partial charge < -0.3 is 10.6 Å². The highest BCUT2D eigenvalue weighted by Crippen LogP contribution is 2.20. The van der Waals surface area contributed by atoms with Crippen molar-refractivity contribution in [1.82, 2.24) is 25.3 Å². The normalized spacial score (nSPS) is 32.1. The van der Waals surface area contributed by atoms with Gasteiger partial charge in [-0.15, -0.1) is 24.0 Å². The van der Waals surface area contributed by atoms with Crippen LogP contribution in [0.5, 0.6) is 0 Å². The van der Waals surface area contributed by atoms with Gasteiger partial charge in [0, 0.05) is 70.5 Å². The molecular formula is C22H37IN6. The third kappa shape index (κ3) is 6.06. The number of nitrogens with zero attached hydrogens (tertiary/aromatic N) is 4. The number of piperazine rings is 3. The number of benzene rings is 1. The number of halogens is 1. The number of fused-ring (bicyclic) bond motifs is 3. The lowest BCUT2D eigenvalue weighted by molar-refractivity contribution is 0.0174. The monoisotopic (exact) mass is 512 g/mol. The van der Waals surface area contributed by atoms with Gasteiger partial charge in [-0.3, -0.25) is 19.7 Å². The van der Waals surface area contributed by atoms with Crippen LogP contribution >= 0.6 is 24.0 Å². The molecule has 4 aliphatic rings. The fraction of sp³-hybridized carbons (Fsp3) is 0.682. The van der Waals surface area contributed by atoms with Crippen molar-refractivity contribution in [3.05, 3.63) is 35.9 Å². The minimum Gasteiger partial charge on any atom is -0.357 e. The molecule has 7 heteroatoms. The van der Waals surface area contributed by atoms with E-state index in [1.807, 2.05) is 0 Å². The van der Waals surface area contributed by atoms with Crippen LogP contribution in [0.2, 0.25) is 0 Å². The smallest absolute Gasteiger partial charge is 0.191 e. The minimum absolute atomic E-state index is 0. The van der Waals surface area contributed by atoms with Crippen molar-refractivity contribution in [1.29, 1.82) is 0 Å². The highest BCUT2D eigenvalue weighted by atomic mass is 127. The summed E-state index contributed by atoms with van der Waals surface area (Å²) < 4.78 is 0. The van der Waals surface area contributed by atoms with E-state index >= 15 is 0 Å². The third-order valence-electron chi connectivity index (χ3n) is 6.47. The summed E-state index contributed by atoms with van der Waals surface area (Å²) in [5.74, 6) is 0.985. The van der Waals surface area contributed by atoms with Gasteiger partial charge in [0.2, 0.25) is 0 Å². The molecular weight excluding hydrogens is 475 g/mol. The van der Waals surface area contributed by atoms with Crippen LogP contribution in [-0.2, 0) is 6.54 Å². The summed E-state index contributed by atoms with van der Waals surface area (Å²) in [6.07, 6.45) is 1.17. The standard InChI is InChI=1S/C22H36N6.HI/c1-3-23-22(24-14-21-17-26-9-11-27(21)12-10-26)25-20-13-18(2)28(16-20)15-19-7-5-4-6-8-19;/h4-8,18,20-21H,3,9-17H2,1-2H3,(H2,23,24,25);1H. The molecule has 2 N–H and O–H groups in total. The van der Waals surface area contributed by atoms with Crippen molar-refractivity contribution in [3.63, 3.8) is 0 Å². The molecule has 1 aromatic rings. The van der Waals surface area contributed by atoms with Gasteiger partial charge in [0.15, 0.2) is 5.96 Å². The molecule has 0 aliphatic carbocycles. The number of hydrogen-bond donors (Lipinski definition) is 2. The molecule has 0 aromatic heterocycles. The number of nitrogens with one attached hydrogen (secondary N) is 2. The van der Waals surface area contributed by atoms with Crippen LogP contribution in [0.25, 0.3) is 0 Å². The van der Waals surface area contributed by atoms with Crippen LogP contribution < -0.4 is 10.6 Å². The van der Waals surface area contributed by atoms with Crippen molar-refractivity contribution in [2.75, 3.05) is 52.4 Å². The first-order valence-corrected chi connectivity index (χ1v) is 11.0. The fourth-order valence-corrected chi connectivity index (χ4v) is 4.85. The highest BCUT2D eigenvalue weighted by Gasteiger charge is 2.32. The molecule has 1 aromatic carbocycles. The van der Waals surface area contributed by atoms with Gasteiger partial charge in [-0.2, -0.15) is 0 Å². The molecule has 2 bridgehead atoms. The Morgan fingerprint density at radius 1 is 1.10 bits per heavy atom. The van der Waals surface area contributed by atoms with Gasteiger partial charge in [-0.1, -0.05) is 30.3 Å². The molecule has 4 fully saturated rings. The summed E-state index contributed by atoms with van der Waals surface area (Å²) in [5, 5.41) is 7.17. The Balaban J connectivity index is 0.00000240. The van der Waals surface area contributed by atoms with Crippen molar-refractivity contribution >= 4 is 29.9 Å². The average Bonchev–Trinajstić information content (AvgIpc) is 3.07. The molecule has 0 saturated carbocycles. The van der Waals surface area contributed by atoms with Gasteiger partial charge in [0.25, 0.3) is 0 Å². The van der Waals surface area contributed by atoms with Crippen LogP contribution in [0.1, 0.15) is 25.8 Å². The molecule has 0 amide bonds. The molecule has 29 heavy (non-hydrogen) atoms. The van der Waals surface area contributed by atoms with E-state index in [0.717, 1.165) is 32.1 Å². The Morgan fingerprint density at radius 2 is 1.86 bits per heavy atom. The summed E-state index contributed by atoms with van der Waals surface area (Å²) >= 11 is 0. The van der Waals surface area contributed by atoms with Crippen LogP contribution in [0.15, 0.2) is 35.3 Å². The van der Waals surface area contributed by atoms with Gasteiger partial charge in [-0.25, -0.2) is 0 Å². The van der Waals surface area contributed by atoms with Crippen molar-refractivity contribution in [2.45, 2.75) is 44.9 Å². The van der Waals surface area contributed by atoms with E-state index in [4.69, 9.17) is 4.99 Å². The summed E-state index contributed by atoms with van der Waals surface area (Å²) in [5.41, 5.74) is 1.40. The summed E-state index contributed by atoms with van der Waals surface area (Å²) in [7, 11) is 0. The lowest BCUT2D eigenvalue weighted by Crippen LogP contribution is -2.62. The van der Waals surface area contributed by atoms with Crippen LogP contribution in [0.4, 0.5) is 0 Å². The zero-order valence-electron chi connectivity index (χ0n) is 17.9. The summed E-state index contributed by atoms with van der Waals surface area (Å²) in [6.45, 7) is 14.4. The lowest BCUT2D eigenvalue weighted by Gasteiger charge is -2.47. The van der Waals surface area contributed by atoms with E-state index in [0.29, 0.717) is 18.1 Å². The SMILES string of the molecule is CCNC(=NCC1CN2CCN1CC2)NC1CC(C)N(Cc2ccccc2)C1.I. The first-order chi connectivity index (χ1) is 13.7. The molecule has 6 nitrogen and oxygen atoms in total. The number of aliphatic imine (C=N–C) groups is 1. The van der Waals surface area contributed by atoms with E-state index in [9.17, 15) is 0 Å². The van der Waals surface area contributed by atoms with Gasteiger partial charge >= 0.3 is 0 Å². The maximum Gasteiger partial charge on any atom is 0.191 e. The Bertz CT molecular complexity index is 646. The Kier molecular flexibility index (Phi) is 8.58. The quantitative estimate of drug-likeness (QED) is 0.346. The van der Waals surface area contributed by atoms with Crippen molar-refractivity contribution in [3.8, 4) is 0 Å². The maximum absolute atomic E-state index is 4.96. The molecule has 4 aliphatic heterocycles. The van der Waals surface area contributed by atoms with Crippen molar-refractivity contribution < 1.29 is 0 Å². The van der Waals surface area contributed by atoms with Crippen molar-refractivity contribution in [2.24, 2.45) is 4.99 Å². The van der Waals surface area contributed by atoms with E-state index in [-0.39, 0.29) is 24.0 Å². The summed E-state index contributed by atoms with van der Waals surface area (Å²) in [6, 6.07) is 12.4. The predicted molar refractivity (Wildman–Crippen MR) is 131 cm³/mol. The molecule has 3 unspecified atom stereocenters. The van der Waals surface area contributed by atoms with Crippen LogP contribution in [-0.4, -0.2) is 91.1 Å². The first kappa shape index (κ1) is 22.8. The third-order valence-corrected chi connectivity index (χ3v) is 6.47. The minimum atomic E-state index is 0. The molecule has 3 atom stereocenters. The van der Waals surface area contributed by atoms with Gasteiger partial charge in [-0.05, 0) is 25.8 Å². The second-order valence-corrected chi connectivity index (χ2v) is 8.55. The fourth-order valence-electron chi connectivity index (χ4n) is 4.85. The summed E-state index contributed by atoms with van der Waals surface area (Å²) in [4.78, 5) is 12.7. The molecule has 0 radical (unpaired) electrons. The Labute approximate surface area is 193 Å². The number of rotatable bonds is 6. The lowest BCUT2D eigenvalue weighted by atomic mass is 10.1. The van der Waals surface area contributed by atoms with Crippen LogP contribution in [0, 0.1) is 0 Å². The number of hydrogen-bond acceptors (Lipinski definition) is 4. The maximum atomic E-state index is 4.96. The molecule has 4 heterocycles. The Morgan fingerprint density at radius 3 is 2.52 bits per heavy atom. The second kappa shape index (κ2) is 10.9. The Hall–Kier alpha value is -0.900. The first-order valence-electron chi connectivity index (χ1n) is 11.0. The predicted octanol–water partition coefficient (Wildman–Crippen LogP) is 1.82. The van der Waals surface area contributed by atoms with E-state index in [1.165, 1.54) is 44.7 Å². The van der Waals surface area contributed by atoms with Gasteiger partial charge in [0.1, 0.15) is 0 Å². The molecule has 5 rings (SSSR count). The van der Waals surface area contributed by atoms with Crippen LogP contribution in [0.3, 0.4) is 0 Å². The molecule has 162 valence electrons. The average molecular weight is 512 g/mol. The van der Waals surface area contributed by atoms with E-state index in [2.05, 4.69) is 69.5 Å². The highest BCUT2D eigenvalue weighted by molar-refractivity contribution is 14.0. The number of likely N-dealkylation sites (tertiary alicyclic amines) is 1. The topological polar surface area (TPSA) is 46.1 Å². The molecule has 4 saturated heterocycles.